The highest BCUT2D eigenvalue weighted by Gasteiger charge is 2.39. The summed E-state index contributed by atoms with van der Waals surface area (Å²) in [5.41, 5.74) is 0.181. The van der Waals surface area contributed by atoms with Crippen molar-refractivity contribution in [1.82, 2.24) is 4.90 Å². The lowest BCUT2D eigenvalue weighted by Crippen LogP contribution is -2.42. The molecule has 0 aliphatic heterocycles. The zero-order valence-corrected chi connectivity index (χ0v) is 19.2. The summed E-state index contributed by atoms with van der Waals surface area (Å²) in [6.45, 7) is 8.87. The molecule has 0 aliphatic rings. The van der Waals surface area contributed by atoms with E-state index in [0.717, 1.165) is 30.8 Å². The maximum Gasteiger partial charge on any atom is 0.161 e. The number of hydrogen-bond acceptors (Lipinski definition) is 6. The molecule has 1 unspecified atom stereocenters. The standard InChI is InChI=1S/C24H35NO5/c1-8-25(9-2)16-17(3)24(26,18-10-12-20(27-4)22(14-18)29-6)19-11-13-21(28-5)23(15-19)30-7/h10-15,17,26H,8-9,16H2,1-7H3. The molecule has 166 valence electrons. The third-order valence-electron chi connectivity index (χ3n) is 5.79. The molecule has 30 heavy (non-hydrogen) atoms. The monoisotopic (exact) mass is 417 g/mol. The first-order valence-corrected chi connectivity index (χ1v) is 10.3. The molecule has 0 spiro atoms. The van der Waals surface area contributed by atoms with Gasteiger partial charge in [-0.3, -0.25) is 0 Å². The second-order valence-electron chi connectivity index (χ2n) is 7.29. The molecule has 1 atom stereocenters. The van der Waals surface area contributed by atoms with Crippen LogP contribution < -0.4 is 18.9 Å². The van der Waals surface area contributed by atoms with Crippen molar-refractivity contribution < 1.29 is 24.1 Å². The quantitative estimate of drug-likeness (QED) is 0.598. The smallest absolute Gasteiger partial charge is 0.161 e. The summed E-state index contributed by atoms with van der Waals surface area (Å²) in [6, 6.07) is 11.1. The van der Waals surface area contributed by atoms with Crippen LogP contribution in [0, 0.1) is 5.92 Å². The summed E-state index contributed by atoms with van der Waals surface area (Å²) in [6.07, 6.45) is 0. The molecule has 0 amide bonds. The SMILES string of the molecule is CCN(CC)CC(C)C(O)(c1ccc(OC)c(OC)c1)c1ccc(OC)c(OC)c1. The summed E-state index contributed by atoms with van der Waals surface area (Å²) in [5, 5.41) is 12.2. The molecular weight excluding hydrogens is 382 g/mol. The van der Waals surface area contributed by atoms with E-state index in [0.29, 0.717) is 23.0 Å². The minimum absolute atomic E-state index is 0.117. The fraction of sp³-hybridized carbons (Fsp3) is 0.500. The molecule has 0 aromatic heterocycles. The van der Waals surface area contributed by atoms with E-state index in [1.807, 2.05) is 36.4 Å². The predicted molar refractivity (Wildman–Crippen MR) is 119 cm³/mol. The fourth-order valence-electron chi connectivity index (χ4n) is 3.88. The number of hydrogen-bond donors (Lipinski definition) is 1. The second-order valence-corrected chi connectivity index (χ2v) is 7.29. The molecule has 6 heteroatoms. The molecule has 0 aliphatic carbocycles. The van der Waals surface area contributed by atoms with Crippen LogP contribution in [-0.4, -0.2) is 58.1 Å². The van der Waals surface area contributed by atoms with Gasteiger partial charge in [-0.05, 0) is 48.5 Å². The number of ether oxygens (including phenoxy) is 4. The Morgan fingerprint density at radius 1 is 0.767 bits per heavy atom. The van der Waals surface area contributed by atoms with Crippen molar-refractivity contribution in [3.8, 4) is 23.0 Å². The average molecular weight is 418 g/mol. The van der Waals surface area contributed by atoms with Crippen LogP contribution in [0.4, 0.5) is 0 Å². The van der Waals surface area contributed by atoms with Crippen LogP contribution in [0.3, 0.4) is 0 Å². The highest BCUT2D eigenvalue weighted by molar-refractivity contribution is 5.51. The lowest BCUT2D eigenvalue weighted by Gasteiger charge is -2.38. The molecule has 0 heterocycles. The van der Waals surface area contributed by atoms with E-state index in [-0.39, 0.29) is 5.92 Å². The Kier molecular flexibility index (Phi) is 8.38. The fourth-order valence-corrected chi connectivity index (χ4v) is 3.88. The van der Waals surface area contributed by atoms with Gasteiger partial charge in [0.2, 0.25) is 0 Å². The molecule has 6 nitrogen and oxygen atoms in total. The number of benzene rings is 2. The molecule has 1 N–H and O–H groups in total. The van der Waals surface area contributed by atoms with Crippen LogP contribution in [0.15, 0.2) is 36.4 Å². The van der Waals surface area contributed by atoms with E-state index in [9.17, 15) is 5.11 Å². The zero-order chi connectivity index (χ0) is 22.3. The summed E-state index contributed by atoms with van der Waals surface area (Å²) >= 11 is 0. The lowest BCUT2D eigenvalue weighted by atomic mass is 9.76. The van der Waals surface area contributed by atoms with E-state index in [2.05, 4.69) is 25.7 Å². The lowest BCUT2D eigenvalue weighted by molar-refractivity contribution is 0.00831. The number of methoxy groups -OCH3 is 4. The third kappa shape index (κ3) is 4.65. The van der Waals surface area contributed by atoms with Crippen molar-refractivity contribution >= 4 is 0 Å². The van der Waals surface area contributed by atoms with Crippen LogP contribution in [0.25, 0.3) is 0 Å². The Balaban J connectivity index is 2.66. The Morgan fingerprint density at radius 2 is 1.17 bits per heavy atom. The van der Waals surface area contributed by atoms with Crippen LogP contribution in [0.2, 0.25) is 0 Å². The molecule has 0 bridgehead atoms. The molecule has 2 aromatic rings. The average Bonchev–Trinajstić information content (AvgIpc) is 2.80. The molecule has 2 rings (SSSR count). The third-order valence-corrected chi connectivity index (χ3v) is 5.79. The summed E-state index contributed by atoms with van der Waals surface area (Å²) in [7, 11) is 6.38. The van der Waals surface area contributed by atoms with E-state index >= 15 is 0 Å². The first kappa shape index (κ1) is 23.8. The maximum atomic E-state index is 12.2. The minimum Gasteiger partial charge on any atom is -0.493 e. The van der Waals surface area contributed by atoms with E-state index < -0.39 is 5.60 Å². The number of nitrogens with zero attached hydrogens (tertiary/aromatic N) is 1. The topological polar surface area (TPSA) is 60.4 Å². The van der Waals surface area contributed by atoms with Gasteiger partial charge in [0.15, 0.2) is 23.0 Å². The van der Waals surface area contributed by atoms with Gasteiger partial charge in [-0.15, -0.1) is 0 Å². The summed E-state index contributed by atoms with van der Waals surface area (Å²) < 4.78 is 21.8. The van der Waals surface area contributed by atoms with Gasteiger partial charge in [0.25, 0.3) is 0 Å². The van der Waals surface area contributed by atoms with Gasteiger partial charge in [-0.2, -0.15) is 0 Å². The normalized spacial score (nSPS) is 12.6. The molecule has 0 saturated carbocycles. The van der Waals surface area contributed by atoms with E-state index in [1.165, 1.54) is 0 Å². The first-order valence-electron chi connectivity index (χ1n) is 10.3. The van der Waals surface area contributed by atoms with Crippen molar-refractivity contribution in [2.45, 2.75) is 26.4 Å². The number of rotatable bonds is 11. The molecule has 0 fully saturated rings. The van der Waals surface area contributed by atoms with E-state index in [4.69, 9.17) is 18.9 Å². The Hall–Kier alpha value is -2.44. The van der Waals surface area contributed by atoms with Gasteiger partial charge in [0.1, 0.15) is 5.60 Å². The van der Waals surface area contributed by atoms with Crippen molar-refractivity contribution in [3.63, 3.8) is 0 Å². The van der Waals surface area contributed by atoms with Gasteiger partial charge in [-0.1, -0.05) is 32.9 Å². The minimum atomic E-state index is -1.28. The van der Waals surface area contributed by atoms with Gasteiger partial charge >= 0.3 is 0 Å². The van der Waals surface area contributed by atoms with Crippen LogP contribution in [0.1, 0.15) is 31.9 Å². The molecule has 2 aromatic carbocycles. The van der Waals surface area contributed by atoms with Crippen LogP contribution in [0.5, 0.6) is 23.0 Å². The van der Waals surface area contributed by atoms with Crippen molar-refractivity contribution in [3.05, 3.63) is 47.5 Å². The highest BCUT2D eigenvalue weighted by Crippen LogP contribution is 2.43. The van der Waals surface area contributed by atoms with Gasteiger partial charge in [0.05, 0.1) is 28.4 Å². The zero-order valence-electron chi connectivity index (χ0n) is 19.2. The van der Waals surface area contributed by atoms with Crippen molar-refractivity contribution in [1.29, 1.82) is 0 Å². The van der Waals surface area contributed by atoms with Crippen molar-refractivity contribution in [2.24, 2.45) is 5.92 Å². The number of aliphatic hydroxyl groups is 1. The predicted octanol–water partition coefficient (Wildman–Crippen LogP) is 3.93. The van der Waals surface area contributed by atoms with Crippen molar-refractivity contribution in [2.75, 3.05) is 48.1 Å². The van der Waals surface area contributed by atoms with E-state index in [1.54, 1.807) is 28.4 Å². The Bertz CT molecular complexity index is 764. The van der Waals surface area contributed by atoms with Crippen LogP contribution in [-0.2, 0) is 5.60 Å². The maximum absolute atomic E-state index is 12.2. The first-order chi connectivity index (χ1) is 14.4. The molecule has 0 radical (unpaired) electrons. The molecular formula is C24H35NO5. The summed E-state index contributed by atoms with van der Waals surface area (Å²) in [4.78, 5) is 2.30. The highest BCUT2D eigenvalue weighted by atomic mass is 16.5. The Labute approximate surface area is 180 Å². The van der Waals surface area contributed by atoms with Gasteiger partial charge in [0, 0.05) is 12.5 Å². The summed E-state index contributed by atoms with van der Waals surface area (Å²) in [5.74, 6) is 2.26. The van der Waals surface area contributed by atoms with Gasteiger partial charge < -0.3 is 29.0 Å². The largest absolute Gasteiger partial charge is 0.493 e. The van der Waals surface area contributed by atoms with Crippen LogP contribution >= 0.6 is 0 Å². The second kappa shape index (κ2) is 10.5. The van der Waals surface area contributed by atoms with Gasteiger partial charge in [-0.25, -0.2) is 0 Å². The molecule has 0 saturated heterocycles. The Morgan fingerprint density at radius 3 is 1.50 bits per heavy atom.